The second kappa shape index (κ2) is 4.51. The smallest absolute Gasteiger partial charge is 0.280 e. The zero-order valence-electron chi connectivity index (χ0n) is 9.72. The Morgan fingerprint density at radius 3 is 2.83 bits per heavy atom. The molecule has 3 heterocycles. The molecule has 1 N–H and O–H groups in total. The summed E-state index contributed by atoms with van der Waals surface area (Å²) >= 11 is 0. The third-order valence-corrected chi connectivity index (χ3v) is 3.73. The largest absolute Gasteiger partial charge is 0.392 e. The molecule has 2 saturated heterocycles. The van der Waals surface area contributed by atoms with Crippen LogP contribution in [0.15, 0.2) is 6.20 Å². The second-order valence-electron chi connectivity index (χ2n) is 4.81. The summed E-state index contributed by atoms with van der Waals surface area (Å²) in [6.45, 7) is -0.465. The minimum atomic E-state index is -2.69. The van der Waals surface area contributed by atoms with E-state index in [4.69, 9.17) is 9.84 Å². The number of aromatic nitrogens is 2. The summed E-state index contributed by atoms with van der Waals surface area (Å²) < 4.78 is 31.4. The fourth-order valence-electron chi connectivity index (χ4n) is 2.83. The van der Waals surface area contributed by atoms with Crippen molar-refractivity contribution in [2.75, 3.05) is 0 Å². The van der Waals surface area contributed by atoms with Crippen molar-refractivity contribution in [1.29, 1.82) is 0 Å². The number of fused-ring (bicyclic) bond motifs is 2. The van der Waals surface area contributed by atoms with E-state index in [1.165, 1.54) is 6.20 Å². The van der Waals surface area contributed by atoms with E-state index in [1.807, 2.05) is 0 Å². The summed E-state index contributed by atoms with van der Waals surface area (Å²) in [6.07, 6.45) is 1.72. The van der Waals surface area contributed by atoms with Crippen molar-refractivity contribution in [3.05, 3.63) is 23.3 Å². The lowest BCUT2D eigenvalue weighted by molar-refractivity contribution is 0.0995. The van der Waals surface area contributed by atoms with E-state index in [1.54, 1.807) is 0 Å². The SMILES string of the molecule is OCc1cnc(C2CC3CCC2O3)nc1C(F)F. The van der Waals surface area contributed by atoms with Gasteiger partial charge in [0.05, 0.1) is 18.8 Å². The molecule has 2 bridgehead atoms. The van der Waals surface area contributed by atoms with Crippen LogP contribution in [-0.2, 0) is 11.3 Å². The van der Waals surface area contributed by atoms with Gasteiger partial charge in [-0.2, -0.15) is 0 Å². The summed E-state index contributed by atoms with van der Waals surface area (Å²) in [5.41, 5.74) is -0.261. The third kappa shape index (κ3) is 1.89. The molecule has 0 radical (unpaired) electrons. The number of halogens is 2. The molecular formula is C12H14F2N2O2. The predicted molar refractivity (Wildman–Crippen MR) is 58.2 cm³/mol. The lowest BCUT2D eigenvalue weighted by atomic mass is 9.88. The van der Waals surface area contributed by atoms with Gasteiger partial charge in [-0.25, -0.2) is 18.7 Å². The van der Waals surface area contributed by atoms with Gasteiger partial charge in [0.25, 0.3) is 6.43 Å². The van der Waals surface area contributed by atoms with Crippen LogP contribution in [0.5, 0.6) is 0 Å². The Hall–Kier alpha value is -1.14. The van der Waals surface area contributed by atoms with Gasteiger partial charge in [0, 0.05) is 17.7 Å². The highest BCUT2D eigenvalue weighted by molar-refractivity contribution is 5.20. The number of ether oxygens (including phenoxy) is 1. The molecule has 2 fully saturated rings. The molecule has 3 atom stereocenters. The minimum absolute atomic E-state index is 0.0222. The van der Waals surface area contributed by atoms with Gasteiger partial charge >= 0.3 is 0 Å². The standard InChI is InChI=1S/C12H14F2N2O2/c13-11(14)10-6(5-17)4-15-12(16-10)8-3-7-1-2-9(8)18-7/h4,7-9,11,17H,1-3,5H2. The average molecular weight is 256 g/mol. The van der Waals surface area contributed by atoms with Crippen LogP contribution >= 0.6 is 0 Å². The van der Waals surface area contributed by atoms with Gasteiger partial charge in [-0.15, -0.1) is 0 Å². The van der Waals surface area contributed by atoms with Crippen molar-refractivity contribution in [1.82, 2.24) is 9.97 Å². The lowest BCUT2D eigenvalue weighted by Crippen LogP contribution is -2.18. The highest BCUT2D eigenvalue weighted by atomic mass is 19.3. The predicted octanol–water partition coefficient (Wildman–Crippen LogP) is 1.94. The molecule has 18 heavy (non-hydrogen) atoms. The first-order chi connectivity index (χ1) is 8.69. The molecule has 2 aliphatic heterocycles. The summed E-state index contributed by atoms with van der Waals surface area (Å²) in [5.74, 6) is 0.448. The minimum Gasteiger partial charge on any atom is -0.392 e. The fraction of sp³-hybridized carbons (Fsp3) is 0.667. The molecular weight excluding hydrogens is 242 g/mol. The zero-order valence-corrected chi connectivity index (χ0v) is 9.72. The molecule has 1 aromatic heterocycles. The molecule has 2 aliphatic rings. The fourth-order valence-corrected chi connectivity index (χ4v) is 2.83. The summed E-state index contributed by atoms with van der Waals surface area (Å²) in [4.78, 5) is 8.05. The van der Waals surface area contributed by atoms with Gasteiger partial charge in [-0.1, -0.05) is 0 Å². The quantitative estimate of drug-likeness (QED) is 0.898. The second-order valence-corrected chi connectivity index (χ2v) is 4.81. The van der Waals surface area contributed by atoms with E-state index in [9.17, 15) is 8.78 Å². The average Bonchev–Trinajstić information content (AvgIpc) is 3.00. The van der Waals surface area contributed by atoms with Gasteiger partial charge in [0.2, 0.25) is 0 Å². The number of rotatable bonds is 3. The van der Waals surface area contributed by atoms with Crippen molar-refractivity contribution in [2.24, 2.45) is 0 Å². The summed E-state index contributed by atoms with van der Waals surface area (Å²) in [5, 5.41) is 8.99. The number of nitrogens with zero attached hydrogens (tertiary/aromatic N) is 2. The van der Waals surface area contributed by atoms with E-state index in [0.29, 0.717) is 5.82 Å². The van der Waals surface area contributed by atoms with Crippen molar-refractivity contribution in [3.8, 4) is 0 Å². The number of aliphatic hydroxyl groups excluding tert-OH is 1. The monoisotopic (exact) mass is 256 g/mol. The van der Waals surface area contributed by atoms with Crippen LogP contribution in [0.1, 0.15) is 48.7 Å². The Kier molecular flexibility index (Phi) is 2.99. The van der Waals surface area contributed by atoms with Gasteiger partial charge < -0.3 is 9.84 Å². The van der Waals surface area contributed by atoms with E-state index in [2.05, 4.69) is 9.97 Å². The van der Waals surface area contributed by atoms with Crippen LogP contribution in [0.2, 0.25) is 0 Å². The van der Waals surface area contributed by atoms with E-state index in [-0.39, 0.29) is 29.4 Å². The molecule has 1 aromatic rings. The molecule has 0 aliphatic carbocycles. The first-order valence-electron chi connectivity index (χ1n) is 6.09. The van der Waals surface area contributed by atoms with Gasteiger partial charge in [-0.05, 0) is 19.3 Å². The number of aliphatic hydroxyl groups is 1. The summed E-state index contributed by atoms with van der Waals surface area (Å²) in [6, 6.07) is 0. The molecule has 0 spiro atoms. The first-order valence-corrected chi connectivity index (χ1v) is 6.09. The Labute approximate surface area is 103 Å². The molecule has 3 rings (SSSR count). The first kappa shape index (κ1) is 11.9. The Balaban J connectivity index is 1.91. The Morgan fingerprint density at radius 1 is 1.44 bits per heavy atom. The van der Waals surface area contributed by atoms with E-state index < -0.39 is 13.0 Å². The number of alkyl halides is 2. The van der Waals surface area contributed by atoms with Crippen molar-refractivity contribution >= 4 is 0 Å². The van der Waals surface area contributed by atoms with Crippen LogP contribution < -0.4 is 0 Å². The van der Waals surface area contributed by atoms with Crippen molar-refractivity contribution in [3.63, 3.8) is 0 Å². The maximum absolute atomic E-state index is 12.8. The topological polar surface area (TPSA) is 55.2 Å². The van der Waals surface area contributed by atoms with Gasteiger partial charge in [-0.3, -0.25) is 0 Å². The molecule has 98 valence electrons. The molecule has 0 saturated carbocycles. The highest BCUT2D eigenvalue weighted by Gasteiger charge is 2.43. The van der Waals surface area contributed by atoms with Crippen molar-refractivity contribution < 1.29 is 18.6 Å². The van der Waals surface area contributed by atoms with Crippen LogP contribution in [0.3, 0.4) is 0 Å². The van der Waals surface area contributed by atoms with Crippen LogP contribution in [0.4, 0.5) is 8.78 Å². The van der Waals surface area contributed by atoms with Crippen molar-refractivity contribution in [2.45, 2.75) is 50.4 Å². The van der Waals surface area contributed by atoms with E-state index in [0.717, 1.165) is 19.3 Å². The normalized spacial score (nSPS) is 30.3. The van der Waals surface area contributed by atoms with Crippen LogP contribution in [0, 0.1) is 0 Å². The molecule has 4 nitrogen and oxygen atoms in total. The van der Waals surface area contributed by atoms with E-state index >= 15 is 0 Å². The molecule has 3 unspecified atom stereocenters. The number of hydrogen-bond donors (Lipinski definition) is 1. The lowest BCUT2D eigenvalue weighted by Gasteiger charge is -2.18. The maximum Gasteiger partial charge on any atom is 0.280 e. The van der Waals surface area contributed by atoms with Gasteiger partial charge in [0.15, 0.2) is 0 Å². The Bertz CT molecular complexity index is 456. The van der Waals surface area contributed by atoms with Crippen LogP contribution in [-0.4, -0.2) is 27.3 Å². The van der Waals surface area contributed by atoms with Gasteiger partial charge in [0.1, 0.15) is 11.5 Å². The zero-order chi connectivity index (χ0) is 12.7. The summed E-state index contributed by atoms with van der Waals surface area (Å²) in [7, 11) is 0. The Morgan fingerprint density at radius 2 is 2.28 bits per heavy atom. The molecule has 6 heteroatoms. The van der Waals surface area contributed by atoms with Crippen LogP contribution in [0.25, 0.3) is 0 Å². The third-order valence-electron chi connectivity index (χ3n) is 3.73. The molecule has 0 amide bonds. The number of hydrogen-bond acceptors (Lipinski definition) is 4. The molecule has 0 aromatic carbocycles. The maximum atomic E-state index is 12.8. The highest BCUT2D eigenvalue weighted by Crippen LogP contribution is 2.43.